The largest absolute Gasteiger partial charge is 0.104 e. The van der Waals surface area contributed by atoms with Crippen LogP contribution in [-0.4, -0.2) is 0 Å². The third-order valence-electron chi connectivity index (χ3n) is 4.42. The molecule has 0 fully saturated rings. The Morgan fingerprint density at radius 3 is 1.21 bits per heavy atom. The molecule has 0 saturated heterocycles. The summed E-state index contributed by atoms with van der Waals surface area (Å²) >= 11 is 3.71. The van der Waals surface area contributed by atoms with Crippen LogP contribution in [0.3, 0.4) is 0 Å². The van der Waals surface area contributed by atoms with Crippen molar-refractivity contribution in [2.24, 2.45) is 0 Å². The van der Waals surface area contributed by atoms with Crippen LogP contribution < -0.4 is 0 Å². The van der Waals surface area contributed by atoms with Crippen LogP contribution in [0.2, 0.25) is 0 Å². The van der Waals surface area contributed by atoms with Crippen molar-refractivity contribution in [3.63, 3.8) is 0 Å². The van der Waals surface area contributed by atoms with Gasteiger partial charge in [-0.1, -0.05) is 47.2 Å². The fourth-order valence-electron chi connectivity index (χ4n) is 3.68. The van der Waals surface area contributed by atoms with Crippen LogP contribution in [0.15, 0.2) is 35.1 Å². The Kier molecular flexibility index (Phi) is 4.98. The molecule has 124 valence electrons. The van der Waals surface area contributed by atoms with Crippen LogP contribution in [-0.2, 0) is 0 Å². The molecular formula is C22H24S2. The molecule has 0 aromatic heterocycles. The molecule has 0 spiro atoms. The first-order valence-electron chi connectivity index (χ1n) is 8.27. The molecule has 0 atom stereocenters. The van der Waals surface area contributed by atoms with E-state index in [0.717, 1.165) is 0 Å². The highest BCUT2D eigenvalue weighted by molar-refractivity contribution is 8.20. The van der Waals surface area contributed by atoms with E-state index in [0.29, 0.717) is 0 Å². The van der Waals surface area contributed by atoms with E-state index in [-0.39, 0.29) is 0 Å². The molecule has 0 N–H and O–H groups in total. The Labute approximate surface area is 154 Å². The van der Waals surface area contributed by atoms with E-state index in [2.05, 4.69) is 76.6 Å². The van der Waals surface area contributed by atoms with Crippen molar-refractivity contribution in [2.45, 2.75) is 41.5 Å². The van der Waals surface area contributed by atoms with E-state index < -0.39 is 0 Å². The van der Waals surface area contributed by atoms with Crippen LogP contribution in [0.25, 0.3) is 9.81 Å². The molecule has 2 heteroatoms. The summed E-state index contributed by atoms with van der Waals surface area (Å²) in [5.41, 5.74) is 10.9. The minimum absolute atomic E-state index is 1.34. The van der Waals surface area contributed by atoms with Crippen molar-refractivity contribution in [3.05, 3.63) is 79.6 Å². The van der Waals surface area contributed by atoms with Gasteiger partial charge in [0.05, 0.1) is 0 Å². The molecule has 0 radical (unpaired) electrons. The molecule has 0 amide bonds. The number of hydrogen-bond acceptors (Lipinski definition) is 2. The van der Waals surface area contributed by atoms with E-state index in [1.807, 2.05) is 11.8 Å². The second-order valence-electron chi connectivity index (χ2n) is 6.75. The van der Waals surface area contributed by atoms with Crippen molar-refractivity contribution < 1.29 is 0 Å². The number of thioether (sulfide) groups is 2. The third-order valence-corrected chi connectivity index (χ3v) is 6.54. The van der Waals surface area contributed by atoms with E-state index in [4.69, 9.17) is 0 Å². The summed E-state index contributed by atoms with van der Waals surface area (Å²) in [6, 6.07) is 9.15. The zero-order valence-corrected chi connectivity index (χ0v) is 16.9. The summed E-state index contributed by atoms with van der Waals surface area (Å²) in [7, 11) is 0. The lowest BCUT2D eigenvalue weighted by Gasteiger charge is -2.21. The number of hydrogen-bond donors (Lipinski definition) is 0. The van der Waals surface area contributed by atoms with Gasteiger partial charge in [-0.3, -0.25) is 0 Å². The highest BCUT2D eigenvalue weighted by Crippen LogP contribution is 2.48. The molecule has 24 heavy (non-hydrogen) atoms. The van der Waals surface area contributed by atoms with Crippen LogP contribution in [0.1, 0.15) is 44.5 Å². The third kappa shape index (κ3) is 3.36. The summed E-state index contributed by atoms with van der Waals surface area (Å²) in [4.78, 5) is 2.73. The fourth-order valence-corrected chi connectivity index (χ4v) is 6.04. The predicted molar refractivity (Wildman–Crippen MR) is 112 cm³/mol. The zero-order valence-electron chi connectivity index (χ0n) is 15.3. The van der Waals surface area contributed by atoms with Crippen molar-refractivity contribution in [2.75, 3.05) is 0 Å². The zero-order chi connectivity index (χ0) is 17.4. The monoisotopic (exact) mass is 352 g/mol. The summed E-state index contributed by atoms with van der Waals surface area (Å²) in [6.07, 6.45) is 0. The lowest BCUT2D eigenvalue weighted by Crippen LogP contribution is -1.97. The van der Waals surface area contributed by atoms with Gasteiger partial charge in [0, 0.05) is 9.81 Å². The quantitative estimate of drug-likeness (QED) is 0.555. The van der Waals surface area contributed by atoms with Gasteiger partial charge in [-0.05, 0) is 85.7 Å². The summed E-state index contributed by atoms with van der Waals surface area (Å²) in [6.45, 7) is 13.2. The van der Waals surface area contributed by atoms with Crippen molar-refractivity contribution in [1.82, 2.24) is 0 Å². The summed E-state index contributed by atoms with van der Waals surface area (Å²) < 4.78 is 0. The van der Waals surface area contributed by atoms with Gasteiger partial charge in [-0.2, -0.15) is 0 Å². The number of rotatable bonds is 2. The Morgan fingerprint density at radius 1 is 0.542 bits per heavy atom. The SMILES string of the molecule is Cc1cc(C)c(C2=CSC=C(c3c(C)cc(C)cc3C)S2)c(C)c1. The average Bonchev–Trinajstić information content (AvgIpc) is 2.45. The topological polar surface area (TPSA) is 0 Å². The minimum Gasteiger partial charge on any atom is -0.104 e. The molecule has 2 aromatic carbocycles. The van der Waals surface area contributed by atoms with E-state index in [1.54, 1.807) is 11.8 Å². The van der Waals surface area contributed by atoms with Crippen molar-refractivity contribution in [1.29, 1.82) is 0 Å². The first-order valence-corrected chi connectivity index (χ1v) is 10.0. The second kappa shape index (κ2) is 6.85. The van der Waals surface area contributed by atoms with Gasteiger partial charge in [0.25, 0.3) is 0 Å². The van der Waals surface area contributed by atoms with Crippen LogP contribution in [0.5, 0.6) is 0 Å². The van der Waals surface area contributed by atoms with Crippen LogP contribution in [0, 0.1) is 41.5 Å². The molecule has 0 unspecified atom stereocenters. The summed E-state index contributed by atoms with van der Waals surface area (Å²) in [5, 5.41) is 4.58. The average molecular weight is 353 g/mol. The van der Waals surface area contributed by atoms with Crippen molar-refractivity contribution in [3.8, 4) is 0 Å². The van der Waals surface area contributed by atoms with Gasteiger partial charge in [-0.15, -0.1) is 11.8 Å². The first-order chi connectivity index (χ1) is 11.4. The van der Waals surface area contributed by atoms with Gasteiger partial charge in [-0.25, -0.2) is 0 Å². The molecule has 1 aliphatic rings. The number of benzene rings is 2. The van der Waals surface area contributed by atoms with Crippen LogP contribution in [0.4, 0.5) is 0 Å². The van der Waals surface area contributed by atoms with Crippen LogP contribution >= 0.6 is 23.5 Å². The maximum absolute atomic E-state index is 2.29. The smallest absolute Gasteiger partial charge is 0.0266 e. The molecule has 0 saturated carbocycles. The van der Waals surface area contributed by atoms with E-state index in [9.17, 15) is 0 Å². The van der Waals surface area contributed by atoms with Gasteiger partial charge < -0.3 is 0 Å². The maximum Gasteiger partial charge on any atom is 0.0266 e. The van der Waals surface area contributed by atoms with Gasteiger partial charge >= 0.3 is 0 Å². The Balaban J connectivity index is 2.00. The van der Waals surface area contributed by atoms with Gasteiger partial charge in [0.1, 0.15) is 0 Å². The minimum atomic E-state index is 1.34. The lowest BCUT2D eigenvalue weighted by atomic mass is 9.99. The fraction of sp³-hybridized carbons (Fsp3) is 0.273. The first kappa shape index (κ1) is 17.4. The molecule has 0 nitrogen and oxygen atoms in total. The lowest BCUT2D eigenvalue weighted by molar-refractivity contribution is 1.30. The van der Waals surface area contributed by atoms with E-state index in [1.165, 1.54) is 54.3 Å². The second-order valence-corrected chi connectivity index (χ2v) is 8.58. The number of aryl methyl sites for hydroxylation is 6. The van der Waals surface area contributed by atoms with E-state index >= 15 is 0 Å². The highest BCUT2D eigenvalue weighted by atomic mass is 32.2. The molecule has 3 rings (SSSR count). The summed E-state index contributed by atoms with van der Waals surface area (Å²) in [5.74, 6) is 0. The Bertz CT molecular complexity index is 752. The Hall–Kier alpha value is -1.38. The standard InChI is InChI=1S/C22H24S2/c1-13-7-15(3)21(16(4)8-13)19-11-23-12-20(24-19)22-17(5)9-14(2)10-18(22)6/h7-12H,1-6H3. The highest BCUT2D eigenvalue weighted by Gasteiger charge is 2.18. The maximum atomic E-state index is 2.29. The molecule has 2 aromatic rings. The molecule has 1 heterocycles. The molecular weight excluding hydrogens is 328 g/mol. The predicted octanol–water partition coefficient (Wildman–Crippen LogP) is 7.31. The van der Waals surface area contributed by atoms with Gasteiger partial charge in [0.2, 0.25) is 0 Å². The Morgan fingerprint density at radius 2 is 0.875 bits per heavy atom. The molecule has 0 bridgehead atoms. The van der Waals surface area contributed by atoms with Gasteiger partial charge in [0.15, 0.2) is 0 Å². The normalized spacial score (nSPS) is 14.4. The molecule has 1 aliphatic heterocycles. The molecule has 0 aliphatic carbocycles. The van der Waals surface area contributed by atoms with Crippen molar-refractivity contribution >= 4 is 33.3 Å².